The number of pyridine rings is 1. The van der Waals surface area contributed by atoms with Gasteiger partial charge in [-0.2, -0.15) is 0 Å². The molecule has 1 aromatic carbocycles. The van der Waals surface area contributed by atoms with Gasteiger partial charge in [0.05, 0.1) is 10.6 Å². The van der Waals surface area contributed by atoms with Gasteiger partial charge in [0.1, 0.15) is 11.4 Å². The third-order valence-corrected chi connectivity index (χ3v) is 4.46. The summed E-state index contributed by atoms with van der Waals surface area (Å²) in [5, 5.41) is 11.2. The molecule has 2 aromatic rings. The lowest BCUT2D eigenvalue weighted by Gasteiger charge is -2.35. The summed E-state index contributed by atoms with van der Waals surface area (Å²) in [6, 6.07) is 7.20. The van der Waals surface area contributed by atoms with E-state index in [2.05, 4.69) is 0 Å². The molecule has 2 heterocycles. The fourth-order valence-electron chi connectivity index (χ4n) is 2.94. The Balaban J connectivity index is 2.31. The summed E-state index contributed by atoms with van der Waals surface area (Å²) in [4.78, 5) is 34.8. The highest BCUT2D eigenvalue weighted by molar-refractivity contribution is 5.78. The second-order valence-corrected chi connectivity index (χ2v) is 6.66. The number of nitrogens with zero attached hydrogens (tertiary/aromatic N) is 2. The Morgan fingerprint density at radius 3 is 2.63 bits per heavy atom. The van der Waals surface area contributed by atoms with Crippen LogP contribution in [0.15, 0.2) is 46.9 Å². The van der Waals surface area contributed by atoms with E-state index >= 15 is 0 Å². The molecule has 1 aliphatic rings. The van der Waals surface area contributed by atoms with Gasteiger partial charge in [0, 0.05) is 30.8 Å². The topological polar surface area (TPSA) is 101 Å². The fourth-order valence-corrected chi connectivity index (χ4v) is 2.94. The lowest BCUT2D eigenvalue weighted by Crippen LogP contribution is -2.36. The largest absolute Gasteiger partial charge is 0.483 e. The van der Waals surface area contributed by atoms with Crippen molar-refractivity contribution >= 4 is 17.4 Å². The SMILES string of the molecule is CC(=O)Oc1cccn(C2=C(C)C(C)(C)Oc3ccc([N+](=O)[O-])cc32)c1=O. The van der Waals surface area contributed by atoms with Crippen LogP contribution in [0.4, 0.5) is 5.69 Å². The minimum absolute atomic E-state index is 0.119. The monoisotopic (exact) mass is 370 g/mol. The summed E-state index contributed by atoms with van der Waals surface area (Å²) in [6.07, 6.45) is 1.53. The lowest BCUT2D eigenvalue weighted by atomic mass is 9.90. The van der Waals surface area contributed by atoms with Crippen LogP contribution < -0.4 is 15.0 Å². The number of hydrogen-bond acceptors (Lipinski definition) is 6. The standard InChI is InChI=1S/C19H18N2O6/c1-11-17(20-9-5-6-16(18(20)23)26-12(2)22)14-10-13(21(24)25)7-8-15(14)27-19(11,3)4/h5-10H,1-4H3. The molecule has 0 spiro atoms. The predicted octanol–water partition coefficient (Wildman–Crippen LogP) is 3.13. The Morgan fingerprint density at radius 1 is 1.30 bits per heavy atom. The molecule has 8 nitrogen and oxygen atoms in total. The van der Waals surface area contributed by atoms with E-state index in [0.29, 0.717) is 22.6 Å². The van der Waals surface area contributed by atoms with Crippen molar-refractivity contribution in [2.24, 2.45) is 0 Å². The molecule has 0 aliphatic carbocycles. The number of ether oxygens (including phenoxy) is 2. The molecular formula is C19H18N2O6. The third-order valence-electron chi connectivity index (χ3n) is 4.46. The van der Waals surface area contributed by atoms with Crippen LogP contribution in [0.25, 0.3) is 5.70 Å². The highest BCUT2D eigenvalue weighted by atomic mass is 16.6. The number of carbonyl (C=O) groups excluding carboxylic acids is 1. The van der Waals surface area contributed by atoms with Gasteiger partial charge in [-0.25, -0.2) is 0 Å². The van der Waals surface area contributed by atoms with Crippen LogP contribution in [0, 0.1) is 10.1 Å². The molecule has 0 saturated heterocycles. The Bertz CT molecular complexity index is 1050. The molecule has 3 rings (SSSR count). The van der Waals surface area contributed by atoms with Gasteiger partial charge in [0.25, 0.3) is 11.2 Å². The van der Waals surface area contributed by atoms with Gasteiger partial charge in [0.15, 0.2) is 5.75 Å². The van der Waals surface area contributed by atoms with Crippen molar-refractivity contribution in [2.45, 2.75) is 33.3 Å². The van der Waals surface area contributed by atoms with Crippen molar-refractivity contribution in [1.29, 1.82) is 0 Å². The molecule has 0 bridgehead atoms. The van der Waals surface area contributed by atoms with Crippen molar-refractivity contribution < 1.29 is 19.2 Å². The molecular weight excluding hydrogens is 352 g/mol. The van der Waals surface area contributed by atoms with Crippen molar-refractivity contribution in [3.8, 4) is 11.5 Å². The number of fused-ring (bicyclic) bond motifs is 1. The number of nitro groups is 1. The van der Waals surface area contributed by atoms with Crippen LogP contribution in [-0.2, 0) is 4.79 Å². The molecule has 0 amide bonds. The molecule has 140 valence electrons. The maximum atomic E-state index is 12.9. The summed E-state index contributed by atoms with van der Waals surface area (Å²) in [6.45, 7) is 6.68. The zero-order valence-electron chi connectivity index (χ0n) is 15.3. The molecule has 0 atom stereocenters. The van der Waals surface area contributed by atoms with Crippen LogP contribution in [-0.4, -0.2) is 21.1 Å². The number of non-ortho nitro benzene ring substituents is 1. The zero-order valence-corrected chi connectivity index (χ0v) is 15.3. The van der Waals surface area contributed by atoms with Gasteiger partial charge >= 0.3 is 5.97 Å². The molecule has 8 heteroatoms. The number of aromatic nitrogens is 1. The molecule has 0 fully saturated rings. The van der Waals surface area contributed by atoms with Gasteiger partial charge in [-0.05, 0) is 44.5 Å². The van der Waals surface area contributed by atoms with Crippen LogP contribution in [0.3, 0.4) is 0 Å². The van der Waals surface area contributed by atoms with E-state index in [9.17, 15) is 19.7 Å². The molecule has 1 aromatic heterocycles. The number of nitro benzene ring substituents is 1. The number of benzene rings is 1. The normalized spacial score (nSPS) is 15.0. The van der Waals surface area contributed by atoms with E-state index in [1.165, 1.54) is 42.0 Å². The molecule has 0 N–H and O–H groups in total. The molecule has 0 radical (unpaired) electrons. The zero-order chi connectivity index (χ0) is 19.9. The average molecular weight is 370 g/mol. The average Bonchev–Trinajstić information content (AvgIpc) is 2.57. The lowest BCUT2D eigenvalue weighted by molar-refractivity contribution is -0.384. The quantitative estimate of drug-likeness (QED) is 0.467. The third kappa shape index (κ3) is 3.21. The molecule has 27 heavy (non-hydrogen) atoms. The first-order valence-electron chi connectivity index (χ1n) is 8.21. The van der Waals surface area contributed by atoms with Gasteiger partial charge in [-0.15, -0.1) is 0 Å². The van der Waals surface area contributed by atoms with E-state index < -0.39 is 22.1 Å². The summed E-state index contributed by atoms with van der Waals surface area (Å²) in [5.41, 5.74) is 0.184. The van der Waals surface area contributed by atoms with Crippen LogP contribution >= 0.6 is 0 Å². The smallest absolute Gasteiger partial charge is 0.308 e. The Morgan fingerprint density at radius 2 is 2.00 bits per heavy atom. The number of rotatable bonds is 3. The number of hydrogen-bond donors (Lipinski definition) is 0. The van der Waals surface area contributed by atoms with Gasteiger partial charge in [-0.1, -0.05) is 0 Å². The van der Waals surface area contributed by atoms with E-state index in [1.54, 1.807) is 13.0 Å². The Hall–Kier alpha value is -3.42. The van der Waals surface area contributed by atoms with Crippen molar-refractivity contribution in [3.63, 3.8) is 0 Å². The maximum absolute atomic E-state index is 12.9. The van der Waals surface area contributed by atoms with Crippen LogP contribution in [0.5, 0.6) is 11.5 Å². The van der Waals surface area contributed by atoms with E-state index in [-0.39, 0.29) is 11.4 Å². The number of carbonyl (C=O) groups is 1. The van der Waals surface area contributed by atoms with E-state index in [4.69, 9.17) is 9.47 Å². The minimum atomic E-state index is -0.741. The fraction of sp³-hybridized carbons (Fsp3) is 0.263. The van der Waals surface area contributed by atoms with Crippen molar-refractivity contribution in [2.75, 3.05) is 0 Å². The van der Waals surface area contributed by atoms with Gasteiger partial charge in [-0.3, -0.25) is 24.3 Å². The predicted molar refractivity (Wildman–Crippen MR) is 97.8 cm³/mol. The van der Waals surface area contributed by atoms with Gasteiger partial charge in [0.2, 0.25) is 0 Å². The second kappa shape index (κ2) is 6.39. The number of esters is 1. The first-order chi connectivity index (χ1) is 12.6. The second-order valence-electron chi connectivity index (χ2n) is 6.66. The first-order valence-corrected chi connectivity index (χ1v) is 8.21. The highest BCUT2D eigenvalue weighted by Crippen LogP contribution is 2.42. The Labute approximate surface area is 154 Å². The van der Waals surface area contributed by atoms with E-state index in [1.807, 2.05) is 13.8 Å². The molecule has 0 unspecified atom stereocenters. The van der Waals surface area contributed by atoms with Gasteiger partial charge < -0.3 is 9.47 Å². The van der Waals surface area contributed by atoms with Crippen molar-refractivity contribution in [1.82, 2.24) is 4.57 Å². The molecule has 1 aliphatic heterocycles. The first kappa shape index (κ1) is 18.4. The summed E-state index contributed by atoms with van der Waals surface area (Å²) < 4.78 is 12.3. The van der Waals surface area contributed by atoms with Crippen molar-refractivity contribution in [3.05, 3.63) is 68.1 Å². The minimum Gasteiger partial charge on any atom is -0.483 e. The summed E-state index contributed by atoms with van der Waals surface area (Å²) in [5.74, 6) is -0.309. The highest BCUT2D eigenvalue weighted by Gasteiger charge is 2.34. The summed E-state index contributed by atoms with van der Waals surface area (Å²) >= 11 is 0. The van der Waals surface area contributed by atoms with Crippen LogP contribution in [0.1, 0.15) is 33.3 Å². The van der Waals surface area contributed by atoms with E-state index in [0.717, 1.165) is 0 Å². The maximum Gasteiger partial charge on any atom is 0.308 e. The van der Waals surface area contributed by atoms with Crippen LogP contribution in [0.2, 0.25) is 0 Å². The molecule has 0 saturated carbocycles. The Kier molecular flexibility index (Phi) is 4.35. The summed E-state index contributed by atoms with van der Waals surface area (Å²) in [7, 11) is 0.